The second-order valence-electron chi connectivity index (χ2n) is 7.08. The molecule has 0 bridgehead atoms. The molecule has 0 saturated carbocycles. The first-order valence-electron chi connectivity index (χ1n) is 9.59. The van der Waals surface area contributed by atoms with E-state index >= 15 is 0 Å². The summed E-state index contributed by atoms with van der Waals surface area (Å²) in [5.41, 5.74) is -2.78. The van der Waals surface area contributed by atoms with Gasteiger partial charge < -0.3 is 30.0 Å². The Morgan fingerprint density at radius 2 is 0.810 bits per heavy atom. The first kappa shape index (κ1) is 43.3. The fourth-order valence-corrected chi connectivity index (χ4v) is 4.02. The Morgan fingerprint density at radius 1 is 0.548 bits per heavy atom. The second-order valence-corrected chi connectivity index (χ2v) is 9.86. The summed E-state index contributed by atoms with van der Waals surface area (Å²) >= 11 is 0. The molecule has 0 amide bonds. The zero-order valence-corrected chi connectivity index (χ0v) is 31.8. The minimum Gasteiger partial charge on any atom is -0.871 e. The zero-order chi connectivity index (χ0) is 28.4. The Morgan fingerprint density at radius 3 is 1.05 bits per heavy atom. The van der Waals surface area contributed by atoms with Crippen LogP contribution >= 0.6 is 0 Å². The SMILES string of the molecule is O=C([O-])c1cc(N=Nc2ccc(N=Nc3cc(C(=O)[O-])c([O-])c(S(=O)(=O)O)c3)cc2)cc(S(=O)(=O)O)c1[O-].[Na+].[Na+].[Na+].[Na+]. The first-order valence-corrected chi connectivity index (χ1v) is 12.5. The van der Waals surface area contributed by atoms with Gasteiger partial charge in [0.25, 0.3) is 20.2 Å². The summed E-state index contributed by atoms with van der Waals surface area (Å²) in [6.45, 7) is 0. The molecule has 16 nitrogen and oxygen atoms in total. The summed E-state index contributed by atoms with van der Waals surface area (Å²) in [6, 6.07) is 7.75. The Kier molecular flexibility index (Phi) is 18.2. The Balaban J connectivity index is 0. The van der Waals surface area contributed by atoms with Crippen LogP contribution in [0.15, 0.2) is 78.8 Å². The molecule has 0 aliphatic heterocycles. The number of carboxylic acids is 2. The van der Waals surface area contributed by atoms with E-state index in [0.717, 1.165) is 0 Å². The van der Waals surface area contributed by atoms with E-state index in [2.05, 4.69) is 20.5 Å². The van der Waals surface area contributed by atoms with E-state index in [9.17, 15) is 46.9 Å². The van der Waals surface area contributed by atoms with Gasteiger partial charge in [-0.2, -0.15) is 37.3 Å². The first-order chi connectivity index (χ1) is 17.6. The minimum absolute atomic E-state index is 0. The summed E-state index contributed by atoms with van der Waals surface area (Å²) < 4.78 is 63.7. The van der Waals surface area contributed by atoms with Gasteiger partial charge >= 0.3 is 118 Å². The van der Waals surface area contributed by atoms with Crippen LogP contribution in [-0.4, -0.2) is 37.9 Å². The van der Waals surface area contributed by atoms with E-state index < -0.39 is 76.0 Å². The van der Waals surface area contributed by atoms with Crippen molar-refractivity contribution in [2.24, 2.45) is 20.5 Å². The molecule has 0 spiro atoms. The number of hydrogen-bond acceptors (Lipinski definition) is 14. The summed E-state index contributed by atoms with van der Waals surface area (Å²) in [6.07, 6.45) is 0. The molecule has 2 N–H and O–H groups in total. The van der Waals surface area contributed by atoms with Gasteiger partial charge in [-0.15, -0.1) is 0 Å². The van der Waals surface area contributed by atoms with Crippen LogP contribution in [0.1, 0.15) is 20.7 Å². The molecule has 0 radical (unpaired) electrons. The molecule has 0 saturated heterocycles. The van der Waals surface area contributed by atoms with E-state index in [1.165, 1.54) is 24.3 Å². The number of carbonyl (C=O) groups excluding carboxylic acids is 2. The fourth-order valence-electron chi connectivity index (χ4n) is 2.79. The van der Waals surface area contributed by atoms with Crippen LogP contribution in [0.25, 0.3) is 0 Å². The Bertz CT molecular complexity index is 1620. The number of carbonyl (C=O) groups is 2. The van der Waals surface area contributed by atoms with Gasteiger partial charge in [-0.1, -0.05) is 11.5 Å². The van der Waals surface area contributed by atoms with Crippen molar-refractivity contribution in [3.63, 3.8) is 0 Å². The average molecular weight is 654 g/mol. The summed E-state index contributed by atoms with van der Waals surface area (Å²) in [5.74, 6) is -7.01. The molecule has 0 heterocycles. The van der Waals surface area contributed by atoms with Gasteiger partial charge in [0.15, 0.2) is 0 Å². The number of azo groups is 2. The average Bonchev–Trinajstić information content (AvgIpc) is 2.81. The van der Waals surface area contributed by atoms with Crippen molar-refractivity contribution in [1.29, 1.82) is 0 Å². The van der Waals surface area contributed by atoms with E-state index in [0.29, 0.717) is 24.3 Å². The molecular formula is C20H10N4Na4O12S2. The predicted molar refractivity (Wildman–Crippen MR) is 115 cm³/mol. The van der Waals surface area contributed by atoms with Crippen LogP contribution in [0.3, 0.4) is 0 Å². The molecule has 3 rings (SSSR count). The second kappa shape index (κ2) is 17.6. The molecule has 0 atom stereocenters. The largest absolute Gasteiger partial charge is 1.00 e. The van der Waals surface area contributed by atoms with Crippen molar-refractivity contribution in [3.8, 4) is 11.5 Å². The van der Waals surface area contributed by atoms with Crippen LogP contribution < -0.4 is 139 Å². The van der Waals surface area contributed by atoms with Crippen molar-refractivity contribution in [2.75, 3.05) is 0 Å². The molecule has 3 aromatic rings. The molecule has 3 aromatic carbocycles. The molecule has 0 aliphatic carbocycles. The van der Waals surface area contributed by atoms with Crippen molar-refractivity contribution >= 4 is 54.9 Å². The molecule has 0 aromatic heterocycles. The third kappa shape index (κ3) is 11.3. The number of rotatable bonds is 8. The molecule has 42 heavy (non-hydrogen) atoms. The Labute approximate surface area is 326 Å². The molecule has 0 fully saturated rings. The molecular weight excluding hydrogens is 644 g/mol. The van der Waals surface area contributed by atoms with E-state index in [-0.39, 0.29) is 130 Å². The van der Waals surface area contributed by atoms with Gasteiger partial charge in [0.05, 0.1) is 44.5 Å². The molecule has 22 heteroatoms. The maximum atomic E-state index is 11.9. The van der Waals surface area contributed by atoms with Crippen LogP contribution in [-0.2, 0) is 20.2 Å². The Hall–Kier alpha value is -0.780. The van der Waals surface area contributed by atoms with E-state index in [1.54, 1.807) is 0 Å². The monoisotopic (exact) mass is 654 g/mol. The minimum atomic E-state index is -5.08. The van der Waals surface area contributed by atoms with Gasteiger partial charge in [0, 0.05) is 0 Å². The quantitative estimate of drug-likeness (QED) is 0.130. The van der Waals surface area contributed by atoms with Crippen LogP contribution in [0.4, 0.5) is 22.7 Å². The fraction of sp³-hybridized carbons (Fsp3) is 0. The number of hydrogen-bond donors (Lipinski definition) is 2. The number of benzene rings is 3. The van der Waals surface area contributed by atoms with Gasteiger partial charge in [0.2, 0.25) is 0 Å². The third-order valence-electron chi connectivity index (χ3n) is 4.49. The normalized spacial score (nSPS) is 11.1. The van der Waals surface area contributed by atoms with Gasteiger partial charge in [-0.25, -0.2) is 0 Å². The van der Waals surface area contributed by atoms with E-state index in [4.69, 9.17) is 9.11 Å². The van der Waals surface area contributed by atoms with Crippen LogP contribution in [0, 0.1) is 0 Å². The number of aromatic carboxylic acids is 2. The van der Waals surface area contributed by atoms with Crippen molar-refractivity contribution in [1.82, 2.24) is 0 Å². The summed E-state index contributed by atoms with van der Waals surface area (Å²) in [7, 11) is -10.2. The topological polar surface area (TPSA) is 285 Å². The smallest absolute Gasteiger partial charge is 0.871 e. The maximum Gasteiger partial charge on any atom is 1.00 e. The summed E-state index contributed by atoms with van der Waals surface area (Å²) in [5, 5.41) is 60.6. The van der Waals surface area contributed by atoms with Crippen molar-refractivity contribution in [3.05, 3.63) is 59.7 Å². The van der Waals surface area contributed by atoms with Gasteiger partial charge in [-0.3, -0.25) is 9.11 Å². The van der Waals surface area contributed by atoms with E-state index in [1.807, 2.05) is 0 Å². The van der Waals surface area contributed by atoms with Gasteiger partial charge in [-0.05, 0) is 59.7 Å². The third-order valence-corrected chi connectivity index (χ3v) is 6.20. The summed E-state index contributed by atoms with van der Waals surface area (Å²) in [4.78, 5) is 19.7. The van der Waals surface area contributed by atoms with Crippen molar-refractivity contribution < 1.29 is 174 Å². The number of nitrogens with zero attached hydrogens (tertiary/aromatic N) is 4. The van der Waals surface area contributed by atoms with Crippen LogP contribution in [0.5, 0.6) is 11.5 Å². The zero-order valence-electron chi connectivity index (χ0n) is 22.2. The molecule has 198 valence electrons. The standard InChI is InChI=1S/C20H14N4O12S2.4Na/c25-17-13(19(27)28)5-11(7-15(17)37(31,32)33)23-21-9-1-2-10(4-3-9)22-24-12-6-14(20(29)30)18(26)16(8-12)38(34,35)36;;;;/h1-8,25-26H,(H,27,28)(H,29,30)(H,31,32,33)(H,34,35,36);;;;/q;4*+1/p-4. The van der Waals surface area contributed by atoms with Crippen LogP contribution in [0.2, 0.25) is 0 Å². The van der Waals surface area contributed by atoms with Gasteiger partial charge in [0.1, 0.15) is 0 Å². The predicted octanol–water partition coefficient (Wildman–Crippen LogP) is -12.1. The molecule has 0 unspecified atom stereocenters. The number of carboxylic acid groups (broad SMARTS) is 2. The van der Waals surface area contributed by atoms with Crippen molar-refractivity contribution in [2.45, 2.75) is 9.79 Å². The maximum absolute atomic E-state index is 11.9. The molecule has 0 aliphatic rings.